The Kier molecular flexibility index (Phi) is 6.06. The van der Waals surface area contributed by atoms with Crippen molar-refractivity contribution in [1.29, 1.82) is 0 Å². The lowest BCUT2D eigenvalue weighted by atomic mass is 9.98. The number of carbonyl (C=O) groups is 1. The van der Waals surface area contributed by atoms with E-state index in [9.17, 15) is 9.90 Å². The number of aryl methyl sites for hydroxylation is 1. The highest BCUT2D eigenvalue weighted by Crippen LogP contribution is 2.30. The minimum atomic E-state index is -0.998. The second kappa shape index (κ2) is 8.24. The van der Waals surface area contributed by atoms with E-state index in [0.29, 0.717) is 29.2 Å². The third-order valence-corrected chi connectivity index (χ3v) is 3.75. The number of benzene rings is 2. The fourth-order valence-electron chi connectivity index (χ4n) is 2.56. The van der Waals surface area contributed by atoms with Crippen molar-refractivity contribution in [3.8, 4) is 17.2 Å². The summed E-state index contributed by atoms with van der Waals surface area (Å²) in [5.74, 6) is 0.861. The van der Waals surface area contributed by atoms with Crippen LogP contribution in [0.3, 0.4) is 0 Å². The lowest BCUT2D eigenvalue weighted by Crippen LogP contribution is -2.02. The van der Waals surface area contributed by atoms with E-state index in [-0.39, 0.29) is 5.57 Å². The predicted molar refractivity (Wildman–Crippen MR) is 97.4 cm³/mol. The Bertz CT molecular complexity index is 793. The number of hydrogen-bond acceptors (Lipinski definition) is 4. The number of rotatable bonds is 7. The molecule has 2 aromatic rings. The van der Waals surface area contributed by atoms with Crippen LogP contribution in [0.1, 0.15) is 23.6 Å². The van der Waals surface area contributed by atoms with Crippen molar-refractivity contribution in [3.63, 3.8) is 0 Å². The van der Waals surface area contributed by atoms with Crippen molar-refractivity contribution in [2.75, 3.05) is 20.8 Å². The number of aliphatic carboxylic acids is 1. The molecular formula is C20H22O5. The molecule has 0 unspecified atom stereocenters. The Morgan fingerprint density at radius 3 is 2.36 bits per heavy atom. The predicted octanol–water partition coefficient (Wildman–Crippen LogP) is 4.04. The van der Waals surface area contributed by atoms with Gasteiger partial charge in [0.25, 0.3) is 0 Å². The third kappa shape index (κ3) is 4.32. The Labute approximate surface area is 147 Å². The molecule has 0 aliphatic rings. The van der Waals surface area contributed by atoms with Crippen LogP contribution in [0.4, 0.5) is 0 Å². The average molecular weight is 342 g/mol. The van der Waals surface area contributed by atoms with Gasteiger partial charge in [0.05, 0.1) is 26.4 Å². The van der Waals surface area contributed by atoms with Crippen molar-refractivity contribution in [2.24, 2.45) is 0 Å². The van der Waals surface area contributed by atoms with E-state index in [0.717, 1.165) is 11.3 Å². The third-order valence-electron chi connectivity index (χ3n) is 3.75. The molecule has 0 saturated carbocycles. The summed E-state index contributed by atoms with van der Waals surface area (Å²) >= 11 is 0. The summed E-state index contributed by atoms with van der Waals surface area (Å²) in [6.45, 7) is 4.33. The van der Waals surface area contributed by atoms with Crippen LogP contribution in [0, 0.1) is 6.92 Å². The van der Waals surface area contributed by atoms with E-state index in [4.69, 9.17) is 14.2 Å². The minimum Gasteiger partial charge on any atom is -0.494 e. The van der Waals surface area contributed by atoms with E-state index in [1.54, 1.807) is 50.6 Å². The quantitative estimate of drug-likeness (QED) is 0.608. The fraction of sp³-hybridized carbons (Fsp3) is 0.250. The highest BCUT2D eigenvalue weighted by molar-refractivity contribution is 6.21. The molecule has 0 aromatic heterocycles. The van der Waals surface area contributed by atoms with Gasteiger partial charge < -0.3 is 19.3 Å². The molecule has 0 bridgehead atoms. The van der Waals surface area contributed by atoms with Gasteiger partial charge in [0.15, 0.2) is 11.5 Å². The van der Waals surface area contributed by atoms with Crippen molar-refractivity contribution in [2.45, 2.75) is 13.8 Å². The summed E-state index contributed by atoms with van der Waals surface area (Å²) in [5.41, 5.74) is 2.39. The lowest BCUT2D eigenvalue weighted by molar-refractivity contribution is -0.130. The molecule has 1 N–H and O–H groups in total. The first-order valence-corrected chi connectivity index (χ1v) is 7.91. The van der Waals surface area contributed by atoms with E-state index in [1.165, 1.54) is 0 Å². The number of ether oxygens (including phenoxy) is 3. The maximum Gasteiger partial charge on any atom is 0.336 e. The number of methoxy groups -OCH3 is 2. The van der Waals surface area contributed by atoms with Crippen LogP contribution in [0.15, 0.2) is 36.4 Å². The molecule has 5 heteroatoms. The highest BCUT2D eigenvalue weighted by atomic mass is 16.5. The molecule has 0 radical (unpaired) electrons. The molecule has 132 valence electrons. The van der Waals surface area contributed by atoms with Gasteiger partial charge in [-0.05, 0) is 60.9 Å². The van der Waals surface area contributed by atoms with Gasteiger partial charge in [0.2, 0.25) is 0 Å². The fourth-order valence-corrected chi connectivity index (χ4v) is 2.56. The Morgan fingerprint density at radius 2 is 1.80 bits per heavy atom. The molecule has 0 saturated heterocycles. The molecule has 0 atom stereocenters. The molecule has 2 aromatic carbocycles. The molecule has 0 spiro atoms. The van der Waals surface area contributed by atoms with Crippen molar-refractivity contribution in [1.82, 2.24) is 0 Å². The Morgan fingerprint density at radius 1 is 1.08 bits per heavy atom. The lowest BCUT2D eigenvalue weighted by Gasteiger charge is -2.11. The van der Waals surface area contributed by atoms with Crippen LogP contribution in [0.2, 0.25) is 0 Å². The van der Waals surface area contributed by atoms with Gasteiger partial charge in [-0.3, -0.25) is 0 Å². The van der Waals surface area contributed by atoms with Crippen LogP contribution in [0.5, 0.6) is 17.2 Å². The van der Waals surface area contributed by atoms with Crippen molar-refractivity contribution in [3.05, 3.63) is 53.1 Å². The molecule has 2 rings (SSSR count). The maximum absolute atomic E-state index is 11.8. The topological polar surface area (TPSA) is 65.0 Å². The first-order valence-electron chi connectivity index (χ1n) is 7.91. The SMILES string of the molecule is CCOc1ccc(/C(=C/c2ccc(OC)c(OC)c2)C(=O)O)c(C)c1. The van der Waals surface area contributed by atoms with Crippen molar-refractivity contribution < 1.29 is 24.1 Å². The maximum atomic E-state index is 11.8. The zero-order valence-electron chi connectivity index (χ0n) is 14.8. The number of hydrogen-bond donors (Lipinski definition) is 1. The minimum absolute atomic E-state index is 0.202. The van der Waals surface area contributed by atoms with Gasteiger partial charge in [-0.2, -0.15) is 0 Å². The largest absolute Gasteiger partial charge is 0.494 e. The van der Waals surface area contributed by atoms with E-state index in [1.807, 2.05) is 19.9 Å². The first kappa shape index (κ1) is 18.4. The van der Waals surface area contributed by atoms with Crippen LogP contribution in [0.25, 0.3) is 11.6 Å². The number of carboxylic acid groups (broad SMARTS) is 1. The van der Waals surface area contributed by atoms with Gasteiger partial charge in [0.1, 0.15) is 5.75 Å². The molecule has 5 nitrogen and oxygen atoms in total. The molecule has 0 fully saturated rings. The molecule has 0 aliphatic carbocycles. The Balaban J connectivity index is 2.48. The van der Waals surface area contributed by atoms with E-state index in [2.05, 4.69) is 0 Å². The van der Waals surface area contributed by atoms with E-state index >= 15 is 0 Å². The monoisotopic (exact) mass is 342 g/mol. The van der Waals surface area contributed by atoms with Crippen LogP contribution >= 0.6 is 0 Å². The number of carboxylic acids is 1. The molecule has 0 heterocycles. The average Bonchev–Trinajstić information content (AvgIpc) is 2.60. The van der Waals surface area contributed by atoms with Gasteiger partial charge in [-0.15, -0.1) is 0 Å². The normalized spacial score (nSPS) is 11.1. The van der Waals surface area contributed by atoms with Gasteiger partial charge in [-0.1, -0.05) is 12.1 Å². The molecule has 25 heavy (non-hydrogen) atoms. The highest BCUT2D eigenvalue weighted by Gasteiger charge is 2.14. The smallest absolute Gasteiger partial charge is 0.336 e. The summed E-state index contributed by atoms with van der Waals surface area (Å²) in [6, 6.07) is 10.7. The van der Waals surface area contributed by atoms with Crippen molar-refractivity contribution >= 4 is 17.6 Å². The zero-order valence-corrected chi connectivity index (χ0v) is 14.8. The zero-order chi connectivity index (χ0) is 18.4. The van der Waals surface area contributed by atoms with Gasteiger partial charge in [0, 0.05) is 0 Å². The van der Waals surface area contributed by atoms with Crippen LogP contribution < -0.4 is 14.2 Å². The summed E-state index contributed by atoms with van der Waals surface area (Å²) < 4.78 is 15.9. The van der Waals surface area contributed by atoms with Gasteiger partial charge in [-0.25, -0.2) is 4.79 Å². The molecule has 0 aliphatic heterocycles. The summed E-state index contributed by atoms with van der Waals surface area (Å²) in [7, 11) is 3.10. The summed E-state index contributed by atoms with van der Waals surface area (Å²) in [4.78, 5) is 11.8. The van der Waals surface area contributed by atoms with Crippen LogP contribution in [-0.2, 0) is 4.79 Å². The van der Waals surface area contributed by atoms with E-state index < -0.39 is 5.97 Å². The van der Waals surface area contributed by atoms with Crippen LogP contribution in [-0.4, -0.2) is 31.9 Å². The summed E-state index contributed by atoms with van der Waals surface area (Å²) in [6.07, 6.45) is 1.62. The molecular weight excluding hydrogens is 320 g/mol. The van der Waals surface area contributed by atoms with Gasteiger partial charge >= 0.3 is 5.97 Å². The standard InChI is InChI=1S/C20H22O5/c1-5-25-15-7-8-16(13(2)10-15)17(20(21)22)11-14-6-9-18(23-3)19(12-14)24-4/h6-12H,5H2,1-4H3,(H,21,22)/b17-11-. The first-order chi connectivity index (χ1) is 12.0. The second-order valence-electron chi connectivity index (χ2n) is 5.39. The molecule has 0 amide bonds. The Hall–Kier alpha value is -2.95. The summed E-state index contributed by atoms with van der Waals surface area (Å²) in [5, 5.41) is 9.66. The second-order valence-corrected chi connectivity index (χ2v) is 5.39.